The number of carbonyl (C=O) groups is 1. The highest BCUT2D eigenvalue weighted by atomic mass is 19.1. The van der Waals surface area contributed by atoms with Crippen LogP contribution in [0.1, 0.15) is 44.1 Å². The molecule has 3 N–H and O–H groups in total. The number of nitrogens with one attached hydrogen (secondary N) is 1. The minimum atomic E-state index is -0.668. The molecule has 21 heavy (non-hydrogen) atoms. The van der Waals surface area contributed by atoms with Gasteiger partial charge < -0.3 is 15.5 Å². The number of fused-ring (bicyclic) bond motifs is 3. The number of carboxylic acid groups (broad SMARTS) is 1. The van der Waals surface area contributed by atoms with Crippen molar-refractivity contribution in [3.63, 3.8) is 0 Å². The Morgan fingerprint density at radius 2 is 1.81 bits per heavy atom. The van der Waals surface area contributed by atoms with E-state index in [1.165, 1.54) is 6.07 Å². The van der Waals surface area contributed by atoms with E-state index in [2.05, 4.69) is 5.32 Å². The summed E-state index contributed by atoms with van der Waals surface area (Å²) in [6, 6.07) is 4.52. The van der Waals surface area contributed by atoms with Crippen LogP contribution in [0.2, 0.25) is 0 Å². The topological polar surface area (TPSA) is 69.6 Å². The average Bonchev–Trinajstić information content (AvgIpc) is 2.50. The third-order valence-corrected chi connectivity index (χ3v) is 5.42. The van der Waals surface area contributed by atoms with Crippen molar-refractivity contribution in [3.05, 3.63) is 29.6 Å². The van der Waals surface area contributed by atoms with Crippen LogP contribution in [-0.2, 0) is 11.3 Å². The Morgan fingerprint density at radius 3 is 2.38 bits per heavy atom. The highest BCUT2D eigenvalue weighted by Gasteiger charge is 2.52. The lowest BCUT2D eigenvalue weighted by atomic mass is 9.57. The number of carboxylic acids is 1. The van der Waals surface area contributed by atoms with Gasteiger partial charge in [-0.1, -0.05) is 12.1 Å². The van der Waals surface area contributed by atoms with Crippen molar-refractivity contribution in [2.24, 2.45) is 5.41 Å². The second kappa shape index (κ2) is 4.98. The molecule has 0 spiro atoms. The molecule has 4 nitrogen and oxygen atoms in total. The molecule has 0 unspecified atom stereocenters. The number of rotatable bonds is 4. The highest BCUT2D eigenvalue weighted by molar-refractivity contribution is 5.75. The van der Waals surface area contributed by atoms with Gasteiger partial charge in [0, 0.05) is 17.6 Å². The summed E-state index contributed by atoms with van der Waals surface area (Å²) in [6.45, 7) is 0.406. The first-order valence-corrected chi connectivity index (χ1v) is 7.41. The molecular weight excluding hydrogens is 273 g/mol. The molecule has 0 heterocycles. The molecule has 3 aliphatic carbocycles. The van der Waals surface area contributed by atoms with E-state index in [9.17, 15) is 19.4 Å². The first kappa shape index (κ1) is 14.3. The number of hydrogen-bond acceptors (Lipinski definition) is 3. The summed E-state index contributed by atoms with van der Waals surface area (Å²) in [5.41, 5.74) is -0.0366. The van der Waals surface area contributed by atoms with Gasteiger partial charge in [0.1, 0.15) is 0 Å². The molecular formula is C16H20FNO3. The fourth-order valence-corrected chi connectivity index (χ4v) is 3.76. The number of para-hydroxylation sites is 1. The largest absolute Gasteiger partial charge is 0.505 e. The second-order valence-electron chi connectivity index (χ2n) is 6.47. The smallest absolute Gasteiger partial charge is 0.309 e. The van der Waals surface area contributed by atoms with Crippen molar-refractivity contribution >= 4 is 5.97 Å². The van der Waals surface area contributed by atoms with Crippen LogP contribution in [0, 0.1) is 11.2 Å². The summed E-state index contributed by atoms with van der Waals surface area (Å²) in [7, 11) is 0. The molecule has 0 amide bonds. The molecule has 0 aromatic heterocycles. The Morgan fingerprint density at radius 1 is 1.19 bits per heavy atom. The predicted octanol–water partition coefficient (Wildman–Crippen LogP) is 2.80. The van der Waals surface area contributed by atoms with Gasteiger partial charge in [-0.15, -0.1) is 0 Å². The van der Waals surface area contributed by atoms with Crippen LogP contribution in [0.4, 0.5) is 4.39 Å². The first-order chi connectivity index (χ1) is 9.96. The second-order valence-corrected chi connectivity index (χ2v) is 6.47. The summed E-state index contributed by atoms with van der Waals surface area (Å²) < 4.78 is 13.3. The molecule has 1 aromatic carbocycles. The third kappa shape index (κ3) is 2.39. The Hall–Kier alpha value is -1.62. The zero-order chi connectivity index (χ0) is 15.1. The van der Waals surface area contributed by atoms with E-state index >= 15 is 0 Å². The SMILES string of the molecule is O=C(O)C12CCC(NCc3cccc(F)c3O)(CC1)CC2. The standard InChI is InChI=1S/C16H20FNO3/c17-12-3-1-2-11(13(12)19)10-18-16-7-4-15(5-8-16,6-9-16)14(20)21/h1-3,18-19H,4-10H2,(H,20,21). The minimum Gasteiger partial charge on any atom is -0.505 e. The number of hydrogen-bond donors (Lipinski definition) is 3. The fraction of sp³-hybridized carbons (Fsp3) is 0.562. The average molecular weight is 293 g/mol. The van der Waals surface area contributed by atoms with Crippen LogP contribution < -0.4 is 5.32 Å². The van der Waals surface area contributed by atoms with E-state index in [0.29, 0.717) is 31.4 Å². The minimum absolute atomic E-state index is 0.0596. The van der Waals surface area contributed by atoms with Crippen molar-refractivity contribution in [1.29, 1.82) is 0 Å². The normalized spacial score (nSPS) is 31.3. The molecule has 3 fully saturated rings. The van der Waals surface area contributed by atoms with Gasteiger partial charge in [0.15, 0.2) is 11.6 Å². The maximum Gasteiger partial charge on any atom is 0.309 e. The van der Waals surface area contributed by atoms with E-state index in [4.69, 9.17) is 0 Å². The van der Waals surface area contributed by atoms with Gasteiger partial charge in [0.25, 0.3) is 0 Å². The van der Waals surface area contributed by atoms with Gasteiger partial charge in [-0.2, -0.15) is 0 Å². The molecule has 3 aliphatic rings. The van der Waals surface area contributed by atoms with Gasteiger partial charge in [0.2, 0.25) is 0 Å². The van der Waals surface area contributed by atoms with Gasteiger partial charge in [0.05, 0.1) is 5.41 Å². The maximum atomic E-state index is 13.3. The lowest BCUT2D eigenvalue weighted by Crippen LogP contribution is -2.56. The molecule has 3 saturated carbocycles. The molecule has 4 rings (SSSR count). The van der Waals surface area contributed by atoms with Crippen LogP contribution in [0.5, 0.6) is 5.75 Å². The van der Waals surface area contributed by atoms with Crippen LogP contribution in [0.15, 0.2) is 18.2 Å². The monoisotopic (exact) mass is 293 g/mol. The Balaban J connectivity index is 1.67. The quantitative estimate of drug-likeness (QED) is 0.798. The number of benzene rings is 1. The van der Waals surface area contributed by atoms with Crippen LogP contribution in [0.25, 0.3) is 0 Å². The molecule has 0 aliphatic heterocycles. The summed E-state index contributed by atoms with van der Waals surface area (Å²) >= 11 is 0. The van der Waals surface area contributed by atoms with E-state index in [1.807, 2.05) is 0 Å². The summed E-state index contributed by atoms with van der Waals surface area (Å²) in [5, 5.41) is 22.5. The van der Waals surface area contributed by atoms with E-state index in [-0.39, 0.29) is 11.3 Å². The van der Waals surface area contributed by atoms with E-state index in [1.54, 1.807) is 12.1 Å². The lowest BCUT2D eigenvalue weighted by molar-refractivity contribution is -0.156. The number of aliphatic carboxylic acids is 1. The number of phenols is 1. The molecule has 0 saturated heterocycles. The first-order valence-electron chi connectivity index (χ1n) is 7.41. The summed E-state index contributed by atoms with van der Waals surface area (Å²) in [6.07, 6.45) is 4.58. The van der Waals surface area contributed by atoms with Crippen molar-refractivity contribution in [2.45, 2.75) is 50.6 Å². The molecule has 5 heteroatoms. The van der Waals surface area contributed by atoms with Gasteiger partial charge in [-0.25, -0.2) is 4.39 Å². The lowest BCUT2D eigenvalue weighted by Gasteiger charge is -2.51. The highest BCUT2D eigenvalue weighted by Crippen LogP contribution is 2.52. The van der Waals surface area contributed by atoms with Crippen molar-refractivity contribution in [3.8, 4) is 5.75 Å². The Kier molecular flexibility index (Phi) is 3.40. The number of aromatic hydroxyl groups is 1. The molecule has 2 bridgehead atoms. The van der Waals surface area contributed by atoms with E-state index in [0.717, 1.165) is 19.3 Å². The maximum absolute atomic E-state index is 13.3. The van der Waals surface area contributed by atoms with Crippen LogP contribution in [-0.4, -0.2) is 21.7 Å². The van der Waals surface area contributed by atoms with Crippen molar-refractivity contribution in [2.75, 3.05) is 0 Å². The molecule has 114 valence electrons. The van der Waals surface area contributed by atoms with Gasteiger partial charge >= 0.3 is 5.97 Å². The van der Waals surface area contributed by atoms with Gasteiger partial charge in [-0.05, 0) is 44.6 Å². The number of phenolic OH excluding ortho intramolecular Hbond substituents is 1. The van der Waals surface area contributed by atoms with E-state index < -0.39 is 17.2 Å². The molecule has 0 radical (unpaired) electrons. The van der Waals surface area contributed by atoms with Crippen LogP contribution >= 0.6 is 0 Å². The zero-order valence-corrected chi connectivity index (χ0v) is 11.9. The zero-order valence-electron chi connectivity index (χ0n) is 11.9. The van der Waals surface area contributed by atoms with Gasteiger partial charge in [-0.3, -0.25) is 4.79 Å². The molecule has 1 aromatic rings. The summed E-state index contributed by atoms with van der Waals surface area (Å²) in [4.78, 5) is 11.4. The Labute approximate surface area is 123 Å². The molecule has 0 atom stereocenters. The fourth-order valence-electron chi connectivity index (χ4n) is 3.76. The van der Waals surface area contributed by atoms with Crippen molar-refractivity contribution in [1.82, 2.24) is 5.32 Å². The van der Waals surface area contributed by atoms with Crippen molar-refractivity contribution < 1.29 is 19.4 Å². The predicted molar refractivity (Wildman–Crippen MR) is 75.4 cm³/mol. The summed E-state index contributed by atoms with van der Waals surface area (Å²) in [5.74, 6) is -1.57. The van der Waals surface area contributed by atoms with Crippen LogP contribution in [0.3, 0.4) is 0 Å². The third-order valence-electron chi connectivity index (χ3n) is 5.42. The Bertz CT molecular complexity index is 548. The number of halogens is 1.